The number of hydrazone groups is 1. The predicted octanol–water partition coefficient (Wildman–Crippen LogP) is 4.06. The Labute approximate surface area is 183 Å². The molecule has 158 valence electrons. The summed E-state index contributed by atoms with van der Waals surface area (Å²) in [5.41, 5.74) is 3.45. The maximum absolute atomic E-state index is 13.0. The van der Waals surface area contributed by atoms with Crippen LogP contribution in [0.4, 0.5) is 4.39 Å². The molecule has 1 unspecified atom stereocenters. The molecule has 0 aliphatic rings. The van der Waals surface area contributed by atoms with E-state index >= 15 is 0 Å². The lowest BCUT2D eigenvalue weighted by molar-refractivity contribution is -0.123. The Kier molecular flexibility index (Phi) is 8.73. The molecule has 0 bridgehead atoms. The van der Waals surface area contributed by atoms with Gasteiger partial charge in [-0.3, -0.25) is 9.59 Å². The van der Waals surface area contributed by atoms with Crippen molar-refractivity contribution in [3.8, 4) is 5.75 Å². The minimum Gasteiger partial charge on any atom is -0.488 e. The second kappa shape index (κ2) is 11.3. The first-order chi connectivity index (χ1) is 14.3. The van der Waals surface area contributed by atoms with Crippen molar-refractivity contribution in [1.29, 1.82) is 0 Å². The van der Waals surface area contributed by atoms with E-state index in [9.17, 15) is 14.0 Å². The Bertz CT molecular complexity index is 930. The Morgan fingerprint density at radius 2 is 1.93 bits per heavy atom. The number of halogens is 2. The fourth-order valence-corrected chi connectivity index (χ4v) is 2.97. The molecule has 0 aliphatic heterocycles. The van der Waals surface area contributed by atoms with Gasteiger partial charge >= 0.3 is 0 Å². The van der Waals surface area contributed by atoms with Crippen LogP contribution in [-0.2, 0) is 4.79 Å². The summed E-state index contributed by atoms with van der Waals surface area (Å²) >= 11 is 3.41. The van der Waals surface area contributed by atoms with E-state index in [1.54, 1.807) is 38.1 Å². The zero-order valence-corrected chi connectivity index (χ0v) is 18.3. The van der Waals surface area contributed by atoms with Gasteiger partial charge in [-0.25, -0.2) is 9.82 Å². The average molecular weight is 476 g/mol. The highest BCUT2D eigenvalue weighted by molar-refractivity contribution is 9.10. The summed E-state index contributed by atoms with van der Waals surface area (Å²) in [6.07, 6.45) is 3.14. The predicted molar refractivity (Wildman–Crippen MR) is 118 cm³/mol. The lowest BCUT2D eigenvalue weighted by Crippen LogP contribution is -2.48. The molecule has 6 nitrogen and oxygen atoms in total. The van der Waals surface area contributed by atoms with Crippen LogP contribution in [0.2, 0.25) is 0 Å². The SMILES string of the molecule is C=CCOc1ccc(C=NNC(=O)C(NC(=O)c2ccc(F)cc2)C(C)C)cc1Br. The Morgan fingerprint density at radius 3 is 2.53 bits per heavy atom. The molecule has 2 aromatic rings. The van der Waals surface area contributed by atoms with Crippen LogP contribution < -0.4 is 15.5 Å². The molecule has 2 N–H and O–H groups in total. The molecule has 0 radical (unpaired) electrons. The maximum Gasteiger partial charge on any atom is 0.262 e. The van der Waals surface area contributed by atoms with Gasteiger partial charge in [-0.2, -0.15) is 5.10 Å². The molecule has 8 heteroatoms. The quantitative estimate of drug-likeness (QED) is 0.326. The third kappa shape index (κ3) is 6.81. The van der Waals surface area contributed by atoms with Gasteiger partial charge in [0, 0.05) is 5.56 Å². The Morgan fingerprint density at radius 1 is 1.23 bits per heavy atom. The van der Waals surface area contributed by atoms with E-state index in [4.69, 9.17) is 4.74 Å². The molecule has 0 spiro atoms. The molecule has 0 aliphatic carbocycles. The van der Waals surface area contributed by atoms with Gasteiger partial charge in [-0.15, -0.1) is 0 Å². The van der Waals surface area contributed by atoms with E-state index in [1.807, 2.05) is 0 Å². The summed E-state index contributed by atoms with van der Waals surface area (Å²) in [5, 5.41) is 6.62. The van der Waals surface area contributed by atoms with Crippen molar-refractivity contribution in [2.45, 2.75) is 19.9 Å². The first-order valence-electron chi connectivity index (χ1n) is 9.24. The summed E-state index contributed by atoms with van der Waals surface area (Å²) in [6, 6.07) is 9.65. The normalized spacial score (nSPS) is 11.9. The van der Waals surface area contributed by atoms with Gasteiger partial charge in [0.25, 0.3) is 11.8 Å². The van der Waals surface area contributed by atoms with Gasteiger partial charge in [0.2, 0.25) is 0 Å². The molecule has 2 rings (SSSR count). The van der Waals surface area contributed by atoms with Crippen molar-refractivity contribution in [2.75, 3.05) is 6.61 Å². The van der Waals surface area contributed by atoms with Crippen molar-refractivity contribution < 1.29 is 18.7 Å². The zero-order valence-electron chi connectivity index (χ0n) is 16.7. The van der Waals surface area contributed by atoms with Crippen LogP contribution in [-0.4, -0.2) is 30.7 Å². The number of nitrogens with one attached hydrogen (secondary N) is 2. The molecule has 0 saturated heterocycles. The lowest BCUT2D eigenvalue weighted by atomic mass is 10.0. The van der Waals surface area contributed by atoms with Crippen LogP contribution in [0.15, 0.2) is 64.7 Å². The molecule has 0 heterocycles. The minimum atomic E-state index is -0.805. The fraction of sp³-hybridized carbons (Fsp3) is 0.227. The molecule has 30 heavy (non-hydrogen) atoms. The van der Waals surface area contributed by atoms with E-state index in [0.717, 1.165) is 10.0 Å². The van der Waals surface area contributed by atoms with Crippen molar-refractivity contribution >= 4 is 34.0 Å². The number of amides is 2. The minimum absolute atomic E-state index is 0.181. The number of nitrogens with zero attached hydrogens (tertiary/aromatic N) is 1. The highest BCUT2D eigenvalue weighted by Crippen LogP contribution is 2.25. The lowest BCUT2D eigenvalue weighted by Gasteiger charge is -2.20. The highest BCUT2D eigenvalue weighted by Gasteiger charge is 2.24. The number of hydrogen-bond donors (Lipinski definition) is 2. The summed E-state index contributed by atoms with van der Waals surface area (Å²) < 4.78 is 19.2. The fourth-order valence-electron chi connectivity index (χ4n) is 2.46. The van der Waals surface area contributed by atoms with Gasteiger partial charge in [0.15, 0.2) is 0 Å². The van der Waals surface area contributed by atoms with E-state index in [1.165, 1.54) is 30.5 Å². The number of ether oxygens (including phenoxy) is 1. The van der Waals surface area contributed by atoms with Crippen molar-refractivity contribution in [2.24, 2.45) is 11.0 Å². The summed E-state index contributed by atoms with van der Waals surface area (Å²) in [5.74, 6) is -0.876. The second-order valence-corrected chi connectivity index (χ2v) is 7.58. The molecule has 2 amide bonds. The van der Waals surface area contributed by atoms with Crippen molar-refractivity contribution in [3.05, 3.63) is 76.5 Å². The monoisotopic (exact) mass is 475 g/mol. The first kappa shape index (κ1) is 23.3. The van der Waals surface area contributed by atoms with Crippen LogP contribution in [0.25, 0.3) is 0 Å². The first-order valence-corrected chi connectivity index (χ1v) is 10.0. The standard InChI is InChI=1S/C22H23BrFN3O3/c1-4-11-30-19-10-5-15(12-18(19)23)13-25-27-22(29)20(14(2)3)26-21(28)16-6-8-17(24)9-7-16/h4-10,12-14,20H,1,11H2,2-3H3,(H,26,28)(H,27,29). The smallest absolute Gasteiger partial charge is 0.262 e. The van der Waals surface area contributed by atoms with Gasteiger partial charge in [-0.1, -0.05) is 26.5 Å². The molecular formula is C22H23BrFN3O3. The Balaban J connectivity index is 1.99. The molecule has 0 saturated carbocycles. The number of carbonyl (C=O) groups excluding carboxylic acids is 2. The third-order valence-electron chi connectivity index (χ3n) is 4.04. The third-order valence-corrected chi connectivity index (χ3v) is 4.66. The van der Waals surface area contributed by atoms with E-state index in [0.29, 0.717) is 12.4 Å². The van der Waals surface area contributed by atoms with E-state index in [2.05, 4.69) is 38.4 Å². The van der Waals surface area contributed by atoms with Crippen LogP contribution in [0.5, 0.6) is 5.75 Å². The molecule has 0 fully saturated rings. The van der Waals surface area contributed by atoms with Gasteiger partial charge in [0.05, 0.1) is 10.7 Å². The maximum atomic E-state index is 13.0. The van der Waals surface area contributed by atoms with E-state index < -0.39 is 23.7 Å². The highest BCUT2D eigenvalue weighted by atomic mass is 79.9. The molecule has 0 aromatic heterocycles. The van der Waals surface area contributed by atoms with Crippen molar-refractivity contribution in [3.63, 3.8) is 0 Å². The van der Waals surface area contributed by atoms with Crippen LogP contribution >= 0.6 is 15.9 Å². The molecule has 2 aromatic carbocycles. The molecule has 1 atom stereocenters. The summed E-state index contributed by atoms with van der Waals surface area (Å²) in [4.78, 5) is 24.8. The second-order valence-electron chi connectivity index (χ2n) is 6.73. The molecular weight excluding hydrogens is 453 g/mol. The van der Waals surface area contributed by atoms with Crippen molar-refractivity contribution in [1.82, 2.24) is 10.7 Å². The Hall–Kier alpha value is -3.00. The van der Waals surface area contributed by atoms with Crippen LogP contribution in [0.1, 0.15) is 29.8 Å². The van der Waals surface area contributed by atoms with Crippen LogP contribution in [0.3, 0.4) is 0 Å². The summed E-state index contributed by atoms with van der Waals surface area (Å²) in [6.45, 7) is 7.60. The number of benzene rings is 2. The van der Waals surface area contributed by atoms with E-state index in [-0.39, 0.29) is 11.5 Å². The number of rotatable bonds is 9. The summed E-state index contributed by atoms with van der Waals surface area (Å²) in [7, 11) is 0. The largest absolute Gasteiger partial charge is 0.488 e. The van der Waals surface area contributed by atoms with Gasteiger partial charge in [-0.05, 0) is 69.9 Å². The zero-order chi connectivity index (χ0) is 22.1. The number of hydrogen-bond acceptors (Lipinski definition) is 4. The topological polar surface area (TPSA) is 79.8 Å². The van der Waals surface area contributed by atoms with Gasteiger partial charge < -0.3 is 10.1 Å². The van der Waals surface area contributed by atoms with Gasteiger partial charge in [0.1, 0.15) is 24.2 Å². The average Bonchev–Trinajstić information content (AvgIpc) is 2.71. The van der Waals surface area contributed by atoms with Crippen LogP contribution in [0, 0.1) is 11.7 Å². The number of carbonyl (C=O) groups is 2.